The van der Waals surface area contributed by atoms with Crippen LogP contribution in [0.5, 0.6) is 0 Å². The highest BCUT2D eigenvalue weighted by Gasteiger charge is 2.15. The highest BCUT2D eigenvalue weighted by molar-refractivity contribution is 5.80. The first-order valence-electron chi connectivity index (χ1n) is 8.12. The molecule has 27 heavy (non-hydrogen) atoms. The minimum absolute atomic E-state index is 0.0362. The fraction of sp³-hybridized carbons (Fsp3) is 0.176. The van der Waals surface area contributed by atoms with Crippen molar-refractivity contribution in [1.29, 1.82) is 0 Å². The first-order chi connectivity index (χ1) is 13.0. The van der Waals surface area contributed by atoms with Gasteiger partial charge in [-0.3, -0.25) is 14.2 Å². The second-order valence-electron chi connectivity index (χ2n) is 5.91. The Balaban J connectivity index is 1.78. The Bertz CT molecular complexity index is 1220. The van der Waals surface area contributed by atoms with Gasteiger partial charge in [-0.25, -0.2) is 9.37 Å². The van der Waals surface area contributed by atoms with Crippen LogP contribution in [0.1, 0.15) is 12.8 Å². The van der Waals surface area contributed by atoms with Crippen LogP contribution < -0.4 is 5.56 Å². The van der Waals surface area contributed by atoms with Crippen LogP contribution in [0.3, 0.4) is 0 Å². The number of aryl methyl sites for hydroxylation is 1. The summed E-state index contributed by atoms with van der Waals surface area (Å²) >= 11 is 0. The summed E-state index contributed by atoms with van der Waals surface area (Å²) in [5.74, 6) is -1.28. The third kappa shape index (κ3) is 3.01. The van der Waals surface area contributed by atoms with Crippen molar-refractivity contribution in [2.45, 2.75) is 19.4 Å². The number of nitrogens with zero attached hydrogens (tertiary/aromatic N) is 6. The third-order valence-electron chi connectivity index (χ3n) is 4.13. The fourth-order valence-corrected chi connectivity index (χ4v) is 2.80. The highest BCUT2D eigenvalue weighted by Crippen LogP contribution is 2.24. The lowest BCUT2D eigenvalue weighted by Crippen LogP contribution is -2.23. The molecular formula is C17H13FN6O3. The summed E-state index contributed by atoms with van der Waals surface area (Å²) < 4.78 is 15.8. The van der Waals surface area contributed by atoms with E-state index in [1.807, 2.05) is 0 Å². The van der Waals surface area contributed by atoms with E-state index in [4.69, 9.17) is 5.11 Å². The molecule has 0 unspecified atom stereocenters. The van der Waals surface area contributed by atoms with Crippen molar-refractivity contribution < 1.29 is 14.3 Å². The molecule has 0 bridgehead atoms. The van der Waals surface area contributed by atoms with Crippen LogP contribution >= 0.6 is 0 Å². The number of aromatic nitrogens is 6. The van der Waals surface area contributed by atoms with E-state index in [2.05, 4.69) is 20.3 Å². The monoisotopic (exact) mass is 368 g/mol. The van der Waals surface area contributed by atoms with Crippen LogP contribution in [-0.4, -0.2) is 40.4 Å². The first kappa shape index (κ1) is 16.8. The largest absolute Gasteiger partial charge is 0.481 e. The predicted octanol–water partition coefficient (Wildman–Crippen LogP) is 1.51. The van der Waals surface area contributed by atoms with Crippen molar-refractivity contribution in [3.05, 3.63) is 53.0 Å². The SMILES string of the molecule is O=C(O)CCCn1cnc2c(nnc3c(-c4ccc(F)cc4)cnn32)c1=O. The summed E-state index contributed by atoms with van der Waals surface area (Å²) in [6.07, 6.45) is 3.15. The standard InChI is InChI=1S/C17H13FN6O3/c18-11-5-3-10(4-6-11)12-8-20-24-15(12)22-21-14-16(24)19-9-23(17(14)27)7-1-2-13(25)26/h3-6,8-9H,1-2,7H2,(H,25,26). The molecule has 136 valence electrons. The number of carboxylic acid groups (broad SMARTS) is 1. The Morgan fingerprint density at radius 1 is 1.15 bits per heavy atom. The Morgan fingerprint density at radius 2 is 1.93 bits per heavy atom. The molecule has 4 aromatic rings. The molecule has 0 fully saturated rings. The molecule has 0 spiro atoms. The van der Waals surface area contributed by atoms with Crippen molar-refractivity contribution >= 4 is 22.8 Å². The quantitative estimate of drug-likeness (QED) is 0.567. The van der Waals surface area contributed by atoms with Gasteiger partial charge in [0, 0.05) is 18.5 Å². The molecule has 1 N–H and O–H groups in total. The molecule has 0 aliphatic rings. The second-order valence-corrected chi connectivity index (χ2v) is 5.91. The molecule has 0 radical (unpaired) electrons. The summed E-state index contributed by atoms with van der Waals surface area (Å²) in [5.41, 5.74) is 1.60. The van der Waals surface area contributed by atoms with Crippen LogP contribution in [-0.2, 0) is 11.3 Å². The van der Waals surface area contributed by atoms with E-state index in [1.54, 1.807) is 18.3 Å². The lowest BCUT2D eigenvalue weighted by molar-refractivity contribution is -0.137. The van der Waals surface area contributed by atoms with Gasteiger partial charge in [0.05, 0.1) is 6.20 Å². The smallest absolute Gasteiger partial charge is 0.303 e. The zero-order valence-electron chi connectivity index (χ0n) is 13.9. The van der Waals surface area contributed by atoms with Crippen molar-refractivity contribution in [2.24, 2.45) is 0 Å². The van der Waals surface area contributed by atoms with Gasteiger partial charge in [-0.05, 0) is 24.1 Å². The Kier molecular flexibility index (Phi) is 4.07. The summed E-state index contributed by atoms with van der Waals surface area (Å²) in [6, 6.07) is 5.88. The van der Waals surface area contributed by atoms with Gasteiger partial charge in [0.15, 0.2) is 16.8 Å². The van der Waals surface area contributed by atoms with E-state index in [0.717, 1.165) is 0 Å². The lowest BCUT2D eigenvalue weighted by atomic mass is 10.1. The average molecular weight is 368 g/mol. The van der Waals surface area contributed by atoms with Gasteiger partial charge in [0.1, 0.15) is 12.1 Å². The van der Waals surface area contributed by atoms with E-state index in [1.165, 1.54) is 27.5 Å². The molecule has 3 heterocycles. The normalized spacial score (nSPS) is 11.3. The maximum absolute atomic E-state index is 13.1. The molecule has 4 rings (SSSR count). The number of fused-ring (bicyclic) bond motifs is 3. The summed E-state index contributed by atoms with van der Waals surface area (Å²) in [5, 5.41) is 21.0. The van der Waals surface area contributed by atoms with Gasteiger partial charge in [0.2, 0.25) is 0 Å². The number of aliphatic carboxylic acids is 1. The number of rotatable bonds is 5. The van der Waals surface area contributed by atoms with Gasteiger partial charge >= 0.3 is 5.97 Å². The lowest BCUT2D eigenvalue weighted by Gasteiger charge is -2.05. The number of halogens is 1. The Hall–Kier alpha value is -3.69. The average Bonchev–Trinajstić information content (AvgIpc) is 3.08. The number of benzene rings is 1. The summed E-state index contributed by atoms with van der Waals surface area (Å²) in [6.45, 7) is 0.216. The zero-order valence-corrected chi connectivity index (χ0v) is 13.9. The maximum atomic E-state index is 13.1. The molecule has 1 aromatic carbocycles. The van der Waals surface area contributed by atoms with Crippen molar-refractivity contribution in [2.75, 3.05) is 0 Å². The minimum Gasteiger partial charge on any atom is -0.481 e. The van der Waals surface area contributed by atoms with Gasteiger partial charge in [-0.15, -0.1) is 10.2 Å². The number of hydrogen-bond donors (Lipinski definition) is 1. The number of carboxylic acids is 1. The van der Waals surface area contributed by atoms with Crippen LogP contribution in [0, 0.1) is 5.82 Å². The molecule has 0 aliphatic heterocycles. The molecule has 10 heteroatoms. The Labute approximate surface area is 150 Å². The van der Waals surface area contributed by atoms with Crippen molar-refractivity contribution in [3.63, 3.8) is 0 Å². The molecule has 0 saturated heterocycles. The van der Waals surface area contributed by atoms with E-state index >= 15 is 0 Å². The minimum atomic E-state index is -0.928. The maximum Gasteiger partial charge on any atom is 0.303 e. The second kappa shape index (κ2) is 6.56. The molecule has 9 nitrogen and oxygen atoms in total. The summed E-state index contributed by atoms with van der Waals surface area (Å²) in [4.78, 5) is 27.4. The van der Waals surface area contributed by atoms with Gasteiger partial charge in [-0.2, -0.15) is 9.61 Å². The molecular weight excluding hydrogens is 355 g/mol. The summed E-state index contributed by atoms with van der Waals surface area (Å²) in [7, 11) is 0. The molecule has 3 aromatic heterocycles. The number of hydrogen-bond acceptors (Lipinski definition) is 6. The molecule has 0 saturated carbocycles. The number of carbonyl (C=O) groups is 1. The van der Waals surface area contributed by atoms with Crippen molar-refractivity contribution in [1.82, 2.24) is 29.4 Å². The van der Waals surface area contributed by atoms with Crippen molar-refractivity contribution in [3.8, 4) is 11.1 Å². The van der Waals surface area contributed by atoms with Crippen LogP contribution in [0.4, 0.5) is 4.39 Å². The van der Waals surface area contributed by atoms with E-state index in [-0.39, 0.29) is 29.9 Å². The van der Waals surface area contributed by atoms with Crippen LogP contribution in [0.15, 0.2) is 41.6 Å². The Morgan fingerprint density at radius 3 is 2.67 bits per heavy atom. The van der Waals surface area contributed by atoms with E-state index in [9.17, 15) is 14.0 Å². The molecule has 0 amide bonds. The third-order valence-corrected chi connectivity index (χ3v) is 4.13. The molecule has 0 aliphatic carbocycles. The zero-order chi connectivity index (χ0) is 19.0. The first-order valence-corrected chi connectivity index (χ1v) is 8.12. The van der Waals surface area contributed by atoms with Crippen LogP contribution in [0.25, 0.3) is 27.9 Å². The van der Waals surface area contributed by atoms with Gasteiger partial charge < -0.3 is 5.11 Å². The highest BCUT2D eigenvalue weighted by atomic mass is 19.1. The van der Waals surface area contributed by atoms with E-state index < -0.39 is 11.5 Å². The van der Waals surface area contributed by atoms with E-state index in [0.29, 0.717) is 23.2 Å². The molecule has 0 atom stereocenters. The van der Waals surface area contributed by atoms with Gasteiger partial charge in [-0.1, -0.05) is 12.1 Å². The topological polar surface area (TPSA) is 115 Å². The predicted molar refractivity (Wildman–Crippen MR) is 92.6 cm³/mol. The van der Waals surface area contributed by atoms with Gasteiger partial charge in [0.25, 0.3) is 5.56 Å². The van der Waals surface area contributed by atoms with Crippen LogP contribution in [0.2, 0.25) is 0 Å². The fourth-order valence-electron chi connectivity index (χ4n) is 2.80.